The van der Waals surface area contributed by atoms with Crippen molar-refractivity contribution in [3.8, 4) is 5.75 Å². The van der Waals surface area contributed by atoms with Gasteiger partial charge in [0.15, 0.2) is 9.84 Å². The number of phenolic OH excluding ortho intramolecular Hbond substituents is 1. The van der Waals surface area contributed by atoms with E-state index in [9.17, 15) is 18.3 Å². The van der Waals surface area contributed by atoms with E-state index in [4.69, 9.17) is 0 Å². The van der Waals surface area contributed by atoms with Crippen LogP contribution in [0.4, 0.5) is 5.69 Å². The minimum Gasteiger partial charge on any atom is -0.506 e. The molecule has 1 amide bonds. The van der Waals surface area contributed by atoms with Gasteiger partial charge in [-0.25, -0.2) is 8.42 Å². The smallest absolute Gasteiger partial charge is 0.227 e. The van der Waals surface area contributed by atoms with Crippen molar-refractivity contribution < 1.29 is 18.3 Å². The predicted molar refractivity (Wildman–Crippen MR) is 71.7 cm³/mol. The van der Waals surface area contributed by atoms with Crippen molar-refractivity contribution in [2.24, 2.45) is 11.8 Å². The van der Waals surface area contributed by atoms with E-state index in [-0.39, 0.29) is 33.9 Å². The van der Waals surface area contributed by atoms with Crippen molar-refractivity contribution in [3.05, 3.63) is 18.2 Å². The Balaban J connectivity index is 2.25. The maximum atomic E-state index is 11.8. The van der Waals surface area contributed by atoms with Gasteiger partial charge in [0.05, 0.1) is 16.3 Å². The van der Waals surface area contributed by atoms with Crippen LogP contribution in [0.1, 0.15) is 20.3 Å². The number of sulfone groups is 1. The highest BCUT2D eigenvalue weighted by molar-refractivity contribution is 7.91. The van der Waals surface area contributed by atoms with Crippen LogP contribution in [0.2, 0.25) is 0 Å². The van der Waals surface area contributed by atoms with E-state index in [0.29, 0.717) is 5.92 Å². The fourth-order valence-electron chi connectivity index (χ4n) is 1.89. The lowest BCUT2D eigenvalue weighted by Crippen LogP contribution is -2.15. The molecule has 0 unspecified atom stereocenters. The summed E-state index contributed by atoms with van der Waals surface area (Å²) in [6.45, 7) is 3.52. The first-order chi connectivity index (χ1) is 8.85. The number of hydrogen-bond acceptors (Lipinski definition) is 4. The molecule has 0 bridgehead atoms. The molecule has 2 atom stereocenters. The molecule has 2 N–H and O–H groups in total. The lowest BCUT2D eigenvalue weighted by Gasteiger charge is -2.09. The summed E-state index contributed by atoms with van der Waals surface area (Å²) in [6, 6.07) is 3.93. The van der Waals surface area contributed by atoms with Crippen LogP contribution in [-0.2, 0) is 14.6 Å². The summed E-state index contributed by atoms with van der Waals surface area (Å²) in [5.74, 6) is -0.00810. The molecule has 1 aliphatic rings. The highest BCUT2D eigenvalue weighted by atomic mass is 32.2. The molecule has 0 radical (unpaired) electrons. The van der Waals surface area contributed by atoms with E-state index in [1.54, 1.807) is 6.92 Å². The zero-order chi connectivity index (χ0) is 14.2. The molecular weight excluding hydrogens is 266 g/mol. The third kappa shape index (κ3) is 2.89. The van der Waals surface area contributed by atoms with Crippen LogP contribution in [0.5, 0.6) is 5.75 Å². The average Bonchev–Trinajstić information content (AvgIpc) is 3.09. The second-order valence-corrected chi connectivity index (χ2v) is 7.17. The number of phenols is 1. The SMILES string of the molecule is CCS(=O)(=O)c1ccc(O)c(NC(=O)[C@H]2C[C@H]2C)c1. The molecule has 19 heavy (non-hydrogen) atoms. The first-order valence-corrected chi connectivity index (χ1v) is 7.87. The van der Waals surface area contributed by atoms with E-state index in [0.717, 1.165) is 6.42 Å². The Bertz CT molecular complexity index is 609. The van der Waals surface area contributed by atoms with E-state index >= 15 is 0 Å². The maximum absolute atomic E-state index is 11.8. The van der Waals surface area contributed by atoms with Crippen LogP contribution in [0.25, 0.3) is 0 Å². The molecule has 0 aliphatic heterocycles. The summed E-state index contributed by atoms with van der Waals surface area (Å²) in [6.07, 6.45) is 0.833. The molecular formula is C13H17NO4S. The molecule has 1 aromatic rings. The van der Waals surface area contributed by atoms with E-state index in [1.807, 2.05) is 6.92 Å². The summed E-state index contributed by atoms with van der Waals surface area (Å²) in [7, 11) is -3.35. The second-order valence-electron chi connectivity index (χ2n) is 4.89. The van der Waals surface area contributed by atoms with Crippen LogP contribution in [-0.4, -0.2) is 25.2 Å². The van der Waals surface area contributed by atoms with Gasteiger partial charge in [-0.05, 0) is 30.5 Å². The zero-order valence-electron chi connectivity index (χ0n) is 10.9. The second kappa shape index (κ2) is 4.85. The quantitative estimate of drug-likeness (QED) is 0.825. The van der Waals surface area contributed by atoms with Crippen LogP contribution in [0.15, 0.2) is 23.1 Å². The van der Waals surface area contributed by atoms with E-state index in [2.05, 4.69) is 5.32 Å². The van der Waals surface area contributed by atoms with Gasteiger partial charge < -0.3 is 10.4 Å². The Morgan fingerprint density at radius 3 is 2.63 bits per heavy atom. The molecule has 0 spiro atoms. The molecule has 1 aromatic carbocycles. The zero-order valence-corrected chi connectivity index (χ0v) is 11.7. The minimum atomic E-state index is -3.35. The summed E-state index contributed by atoms with van der Waals surface area (Å²) < 4.78 is 23.5. The van der Waals surface area contributed by atoms with Gasteiger partial charge >= 0.3 is 0 Å². The van der Waals surface area contributed by atoms with Crippen molar-refractivity contribution in [2.45, 2.75) is 25.2 Å². The number of aromatic hydroxyl groups is 1. The van der Waals surface area contributed by atoms with Gasteiger partial charge in [0.1, 0.15) is 5.75 Å². The first kappa shape index (κ1) is 13.9. The monoisotopic (exact) mass is 283 g/mol. The Morgan fingerprint density at radius 1 is 1.47 bits per heavy atom. The maximum Gasteiger partial charge on any atom is 0.227 e. The standard InChI is InChI=1S/C13H17NO4S/c1-3-19(17,18)9-4-5-12(15)11(7-9)14-13(16)10-6-8(10)2/h4-5,7-8,10,15H,3,6H2,1-2H3,(H,14,16)/t8-,10+/m1/s1. The van der Waals surface area contributed by atoms with Gasteiger partial charge in [-0.2, -0.15) is 0 Å². The van der Waals surface area contributed by atoms with Crippen molar-refractivity contribution in [2.75, 3.05) is 11.1 Å². The number of carbonyl (C=O) groups excluding carboxylic acids is 1. The van der Waals surface area contributed by atoms with Gasteiger partial charge in [0, 0.05) is 5.92 Å². The van der Waals surface area contributed by atoms with Crippen molar-refractivity contribution in [1.82, 2.24) is 0 Å². The number of carbonyl (C=O) groups is 1. The Morgan fingerprint density at radius 2 is 2.11 bits per heavy atom. The fourth-order valence-corrected chi connectivity index (χ4v) is 2.79. The summed E-state index contributed by atoms with van der Waals surface area (Å²) >= 11 is 0. The lowest BCUT2D eigenvalue weighted by molar-refractivity contribution is -0.117. The minimum absolute atomic E-state index is 0.0230. The molecule has 5 nitrogen and oxygen atoms in total. The Labute approximate surface area is 112 Å². The van der Waals surface area contributed by atoms with Gasteiger partial charge in [0.25, 0.3) is 0 Å². The molecule has 0 heterocycles. The topological polar surface area (TPSA) is 83.5 Å². The highest BCUT2D eigenvalue weighted by Gasteiger charge is 2.39. The summed E-state index contributed by atoms with van der Waals surface area (Å²) in [4.78, 5) is 11.9. The van der Waals surface area contributed by atoms with Gasteiger partial charge in [0.2, 0.25) is 5.91 Å². The van der Waals surface area contributed by atoms with Crippen LogP contribution < -0.4 is 5.32 Å². The van der Waals surface area contributed by atoms with Gasteiger partial charge in [-0.15, -0.1) is 0 Å². The molecule has 2 rings (SSSR count). The van der Waals surface area contributed by atoms with E-state index < -0.39 is 9.84 Å². The third-order valence-corrected chi connectivity index (χ3v) is 5.14. The van der Waals surface area contributed by atoms with Crippen molar-refractivity contribution >= 4 is 21.4 Å². The predicted octanol–water partition coefficient (Wildman–Crippen LogP) is 1.78. The third-order valence-electron chi connectivity index (χ3n) is 3.41. The van der Waals surface area contributed by atoms with Crippen molar-refractivity contribution in [3.63, 3.8) is 0 Å². The molecule has 0 saturated heterocycles. The molecule has 6 heteroatoms. The van der Waals surface area contributed by atoms with Gasteiger partial charge in [-0.3, -0.25) is 4.79 Å². The Hall–Kier alpha value is -1.56. The number of nitrogens with one attached hydrogen (secondary N) is 1. The normalized spacial score (nSPS) is 22.0. The largest absolute Gasteiger partial charge is 0.506 e. The number of anilines is 1. The molecule has 1 fully saturated rings. The number of amides is 1. The summed E-state index contributed by atoms with van der Waals surface area (Å²) in [5.41, 5.74) is 0.152. The van der Waals surface area contributed by atoms with Gasteiger partial charge in [-0.1, -0.05) is 13.8 Å². The van der Waals surface area contributed by atoms with Crippen molar-refractivity contribution in [1.29, 1.82) is 0 Å². The molecule has 0 aromatic heterocycles. The average molecular weight is 283 g/mol. The highest BCUT2D eigenvalue weighted by Crippen LogP contribution is 2.39. The first-order valence-electron chi connectivity index (χ1n) is 6.21. The fraction of sp³-hybridized carbons (Fsp3) is 0.462. The van der Waals surface area contributed by atoms with E-state index in [1.165, 1.54) is 18.2 Å². The number of hydrogen-bond donors (Lipinski definition) is 2. The van der Waals surface area contributed by atoms with Crippen LogP contribution in [0, 0.1) is 11.8 Å². The molecule has 104 valence electrons. The molecule has 1 saturated carbocycles. The number of benzene rings is 1. The molecule has 1 aliphatic carbocycles. The lowest BCUT2D eigenvalue weighted by atomic mass is 10.2. The summed E-state index contributed by atoms with van der Waals surface area (Å²) in [5, 5.41) is 12.3. The number of rotatable bonds is 4. The van der Waals surface area contributed by atoms with Crippen LogP contribution >= 0.6 is 0 Å². The van der Waals surface area contributed by atoms with Crippen LogP contribution in [0.3, 0.4) is 0 Å². The Kier molecular flexibility index (Phi) is 3.54.